The number of pyridine rings is 3. The third kappa shape index (κ3) is 6.82. The molecule has 9 aromatic rings. The van der Waals surface area contributed by atoms with Gasteiger partial charge in [0.2, 0.25) is 0 Å². The minimum absolute atomic E-state index is 0.680. The first kappa shape index (κ1) is 32.5. The van der Waals surface area contributed by atoms with Crippen LogP contribution in [0.4, 0.5) is 0 Å². The van der Waals surface area contributed by atoms with Crippen LogP contribution in [-0.2, 0) is 0 Å². The van der Waals surface area contributed by atoms with Crippen molar-refractivity contribution in [2.75, 3.05) is 0 Å². The second kappa shape index (κ2) is 14.7. The summed E-state index contributed by atoms with van der Waals surface area (Å²) >= 11 is 0. The Labute approximate surface area is 314 Å². The Morgan fingerprint density at radius 2 is 0.722 bits per heavy atom. The largest absolute Gasteiger partial charge is 0.255 e. The lowest BCUT2D eigenvalue weighted by molar-refractivity contribution is 1.18. The van der Waals surface area contributed by atoms with E-state index < -0.39 is 0 Å². The van der Waals surface area contributed by atoms with Gasteiger partial charge in [-0.1, -0.05) is 152 Å². The van der Waals surface area contributed by atoms with E-state index in [-0.39, 0.29) is 0 Å². The molecule has 54 heavy (non-hydrogen) atoms. The van der Waals surface area contributed by atoms with Gasteiger partial charge in [0.05, 0.1) is 39.9 Å². The van der Waals surface area contributed by atoms with Gasteiger partial charge < -0.3 is 0 Å². The highest BCUT2D eigenvalue weighted by atomic mass is 14.9. The lowest BCUT2D eigenvalue weighted by Crippen LogP contribution is -1.97. The van der Waals surface area contributed by atoms with E-state index in [1.807, 2.05) is 97.1 Å². The second-order valence-electron chi connectivity index (χ2n) is 12.9. The van der Waals surface area contributed by atoms with Crippen LogP contribution in [0.25, 0.3) is 90.2 Å². The lowest BCUT2D eigenvalue weighted by atomic mass is 9.97. The number of benzene rings is 5. The number of hydrogen-bond acceptors (Lipinski definition) is 5. The van der Waals surface area contributed by atoms with Gasteiger partial charge in [-0.2, -0.15) is 0 Å². The highest BCUT2D eigenvalue weighted by molar-refractivity contribution is 5.84. The van der Waals surface area contributed by atoms with Crippen LogP contribution in [0.5, 0.6) is 0 Å². The Morgan fingerprint density at radius 3 is 1.35 bits per heavy atom. The van der Waals surface area contributed by atoms with E-state index in [0.717, 1.165) is 84.4 Å². The van der Waals surface area contributed by atoms with Crippen molar-refractivity contribution < 1.29 is 0 Å². The average molecular weight is 692 g/mol. The van der Waals surface area contributed by atoms with Crippen LogP contribution in [0.2, 0.25) is 0 Å². The van der Waals surface area contributed by atoms with Gasteiger partial charge in [0.25, 0.3) is 0 Å². The summed E-state index contributed by atoms with van der Waals surface area (Å²) in [4.78, 5) is 25.0. The first-order chi connectivity index (χ1) is 26.7. The molecule has 0 bridgehead atoms. The third-order valence-corrected chi connectivity index (χ3v) is 9.40. The molecular weight excluding hydrogens is 659 g/mol. The molecule has 0 saturated heterocycles. The highest BCUT2D eigenvalue weighted by Gasteiger charge is 2.16. The van der Waals surface area contributed by atoms with Crippen molar-refractivity contribution in [1.82, 2.24) is 24.9 Å². The summed E-state index contributed by atoms with van der Waals surface area (Å²) in [5.74, 6) is 0.680. The Bertz CT molecular complexity index is 2560. The molecule has 0 aliphatic carbocycles. The normalized spacial score (nSPS) is 11.0. The fourth-order valence-corrected chi connectivity index (χ4v) is 6.67. The van der Waals surface area contributed by atoms with Crippen LogP contribution in [0.3, 0.4) is 0 Å². The van der Waals surface area contributed by atoms with Gasteiger partial charge in [0.15, 0.2) is 5.82 Å². The molecule has 4 aromatic heterocycles. The van der Waals surface area contributed by atoms with Crippen LogP contribution in [0.15, 0.2) is 200 Å². The molecule has 5 aromatic carbocycles. The third-order valence-electron chi connectivity index (χ3n) is 9.40. The molecule has 0 atom stereocenters. The summed E-state index contributed by atoms with van der Waals surface area (Å²) in [5.41, 5.74) is 14.2. The molecule has 0 saturated carbocycles. The van der Waals surface area contributed by atoms with Crippen molar-refractivity contribution in [3.05, 3.63) is 200 Å². The molecule has 4 heterocycles. The highest BCUT2D eigenvalue weighted by Crippen LogP contribution is 2.35. The molecule has 254 valence electrons. The smallest absolute Gasteiger partial charge is 0.161 e. The number of aromatic nitrogens is 5. The fourth-order valence-electron chi connectivity index (χ4n) is 6.67. The van der Waals surface area contributed by atoms with Crippen LogP contribution in [-0.4, -0.2) is 24.9 Å². The molecule has 0 N–H and O–H groups in total. The number of hydrogen-bond donors (Lipinski definition) is 0. The van der Waals surface area contributed by atoms with E-state index in [4.69, 9.17) is 19.9 Å². The standard InChI is InChI=1S/C49H33N5/c1-4-15-34(16-5-1)39-31-47(43-23-12-13-30-50-43)52-48(32-39)44-25-14-24-42(51-44)38-28-26-35(27-29-38)40-21-10-11-22-41(40)49-53-45(36-17-6-2-7-18-36)33-46(54-49)37-19-8-3-9-20-37/h1-33H. The van der Waals surface area contributed by atoms with Crippen LogP contribution in [0.1, 0.15) is 0 Å². The molecule has 0 amide bonds. The molecule has 0 radical (unpaired) electrons. The molecule has 0 spiro atoms. The SMILES string of the molecule is c1ccc(-c2cc(-c3ccccn3)nc(-c3cccc(-c4ccc(-c5ccccc5-c5nc(-c6ccccc6)cc(-c6ccccc6)n5)cc4)n3)c2)cc1. The van der Waals surface area contributed by atoms with Crippen LogP contribution in [0, 0.1) is 0 Å². The minimum Gasteiger partial charge on any atom is -0.255 e. The van der Waals surface area contributed by atoms with E-state index in [1.54, 1.807) is 6.20 Å². The molecule has 0 aliphatic rings. The quantitative estimate of drug-likeness (QED) is 0.159. The molecular formula is C49H33N5. The summed E-state index contributed by atoms with van der Waals surface area (Å²) in [6.07, 6.45) is 1.80. The Balaban J connectivity index is 1.08. The molecule has 0 aliphatic heterocycles. The summed E-state index contributed by atoms with van der Waals surface area (Å²) in [6, 6.07) is 66.0. The minimum atomic E-state index is 0.680. The number of rotatable bonds is 8. The summed E-state index contributed by atoms with van der Waals surface area (Å²) < 4.78 is 0. The van der Waals surface area contributed by atoms with Crippen molar-refractivity contribution in [2.45, 2.75) is 0 Å². The monoisotopic (exact) mass is 691 g/mol. The van der Waals surface area contributed by atoms with Gasteiger partial charge in [-0.15, -0.1) is 0 Å². The lowest BCUT2D eigenvalue weighted by Gasteiger charge is -2.13. The molecule has 5 heteroatoms. The predicted octanol–water partition coefficient (Wildman–Crippen LogP) is 12.0. The predicted molar refractivity (Wildman–Crippen MR) is 219 cm³/mol. The topological polar surface area (TPSA) is 64.5 Å². The maximum absolute atomic E-state index is 5.12. The van der Waals surface area contributed by atoms with Crippen molar-refractivity contribution in [3.63, 3.8) is 0 Å². The molecule has 5 nitrogen and oxygen atoms in total. The Morgan fingerprint density at radius 1 is 0.241 bits per heavy atom. The van der Waals surface area contributed by atoms with Gasteiger partial charge in [0, 0.05) is 28.5 Å². The second-order valence-corrected chi connectivity index (χ2v) is 12.9. The van der Waals surface area contributed by atoms with Crippen molar-refractivity contribution in [2.24, 2.45) is 0 Å². The zero-order valence-corrected chi connectivity index (χ0v) is 29.3. The number of nitrogens with zero attached hydrogens (tertiary/aromatic N) is 5. The van der Waals surface area contributed by atoms with Gasteiger partial charge in [-0.25, -0.2) is 19.9 Å². The van der Waals surface area contributed by atoms with E-state index in [1.165, 1.54) is 0 Å². The summed E-state index contributed by atoms with van der Waals surface area (Å²) in [5, 5.41) is 0. The summed E-state index contributed by atoms with van der Waals surface area (Å²) in [7, 11) is 0. The van der Waals surface area contributed by atoms with E-state index >= 15 is 0 Å². The summed E-state index contributed by atoms with van der Waals surface area (Å²) in [6.45, 7) is 0. The van der Waals surface area contributed by atoms with E-state index in [2.05, 4.69) is 102 Å². The maximum Gasteiger partial charge on any atom is 0.161 e. The van der Waals surface area contributed by atoms with Crippen LogP contribution < -0.4 is 0 Å². The molecule has 0 unspecified atom stereocenters. The van der Waals surface area contributed by atoms with Gasteiger partial charge in [0.1, 0.15) is 0 Å². The maximum atomic E-state index is 5.12. The average Bonchev–Trinajstić information content (AvgIpc) is 3.27. The van der Waals surface area contributed by atoms with Crippen molar-refractivity contribution >= 4 is 0 Å². The van der Waals surface area contributed by atoms with Crippen LogP contribution >= 0.6 is 0 Å². The zero-order chi connectivity index (χ0) is 36.1. The van der Waals surface area contributed by atoms with Crippen molar-refractivity contribution in [1.29, 1.82) is 0 Å². The first-order valence-electron chi connectivity index (χ1n) is 17.9. The van der Waals surface area contributed by atoms with E-state index in [0.29, 0.717) is 5.82 Å². The molecule has 9 rings (SSSR count). The van der Waals surface area contributed by atoms with Crippen molar-refractivity contribution in [3.8, 4) is 90.2 Å². The fraction of sp³-hybridized carbons (Fsp3) is 0. The first-order valence-corrected chi connectivity index (χ1v) is 17.9. The van der Waals surface area contributed by atoms with E-state index in [9.17, 15) is 0 Å². The zero-order valence-electron chi connectivity index (χ0n) is 29.3. The van der Waals surface area contributed by atoms with Gasteiger partial charge >= 0.3 is 0 Å². The van der Waals surface area contributed by atoms with Gasteiger partial charge in [-0.05, 0) is 64.7 Å². The van der Waals surface area contributed by atoms with Gasteiger partial charge in [-0.3, -0.25) is 4.98 Å². The molecule has 0 fully saturated rings. The Hall–Kier alpha value is -7.37. The Kier molecular flexibility index (Phi) is 8.86.